The van der Waals surface area contributed by atoms with Crippen LogP contribution in [-0.4, -0.2) is 34.6 Å². The predicted octanol–water partition coefficient (Wildman–Crippen LogP) is 0.746. The smallest absolute Gasteiger partial charge is 0.358 e. The summed E-state index contributed by atoms with van der Waals surface area (Å²) in [5.41, 5.74) is 0.522. The van der Waals surface area contributed by atoms with Crippen LogP contribution < -0.4 is 10.1 Å². The standard InChI is InChI=1S/C12H14N2O4/c1-7-2-4-9(11(13-7)12(16)17)18-6-8-3-5-10(15)14-8/h2,4,8H,3,5-6H2,1H3,(H,14,15)(H,16,17). The molecule has 1 amide bonds. The molecule has 96 valence electrons. The van der Waals surface area contributed by atoms with Crippen molar-refractivity contribution in [3.05, 3.63) is 23.5 Å². The van der Waals surface area contributed by atoms with Crippen molar-refractivity contribution in [2.24, 2.45) is 0 Å². The Morgan fingerprint density at radius 2 is 2.39 bits per heavy atom. The summed E-state index contributed by atoms with van der Waals surface area (Å²) in [4.78, 5) is 25.9. The largest absolute Gasteiger partial charge is 0.489 e. The molecule has 0 bridgehead atoms. The number of carbonyl (C=O) groups is 2. The number of aryl methyl sites for hydroxylation is 1. The molecule has 1 aliphatic heterocycles. The number of ether oxygens (including phenoxy) is 1. The van der Waals surface area contributed by atoms with Gasteiger partial charge in [0.05, 0.1) is 6.04 Å². The molecule has 2 rings (SSSR count). The number of hydrogen-bond donors (Lipinski definition) is 2. The predicted molar refractivity (Wildman–Crippen MR) is 62.6 cm³/mol. The fourth-order valence-corrected chi connectivity index (χ4v) is 1.81. The van der Waals surface area contributed by atoms with E-state index in [2.05, 4.69) is 10.3 Å². The van der Waals surface area contributed by atoms with E-state index in [-0.39, 0.29) is 30.0 Å². The molecule has 1 atom stereocenters. The molecule has 0 radical (unpaired) electrons. The summed E-state index contributed by atoms with van der Waals surface area (Å²) in [6, 6.07) is 3.22. The first kappa shape index (κ1) is 12.3. The van der Waals surface area contributed by atoms with Crippen molar-refractivity contribution in [1.29, 1.82) is 0 Å². The zero-order valence-corrected chi connectivity index (χ0v) is 9.97. The summed E-state index contributed by atoms with van der Waals surface area (Å²) in [6.45, 7) is 1.98. The minimum absolute atomic E-state index is 0.00379. The van der Waals surface area contributed by atoms with Crippen LogP contribution in [0.1, 0.15) is 29.0 Å². The maximum Gasteiger partial charge on any atom is 0.358 e. The summed E-state index contributed by atoms with van der Waals surface area (Å²) >= 11 is 0. The van der Waals surface area contributed by atoms with Crippen LogP contribution in [0.5, 0.6) is 5.75 Å². The van der Waals surface area contributed by atoms with Crippen LogP contribution in [0.3, 0.4) is 0 Å². The average Bonchev–Trinajstić information content (AvgIpc) is 2.73. The van der Waals surface area contributed by atoms with E-state index in [1.165, 1.54) is 0 Å². The third kappa shape index (κ3) is 2.77. The fourth-order valence-electron chi connectivity index (χ4n) is 1.81. The van der Waals surface area contributed by atoms with E-state index in [1.54, 1.807) is 19.1 Å². The Kier molecular flexibility index (Phi) is 3.45. The number of pyridine rings is 1. The van der Waals surface area contributed by atoms with E-state index in [0.29, 0.717) is 18.5 Å². The lowest BCUT2D eigenvalue weighted by atomic mass is 10.2. The highest BCUT2D eigenvalue weighted by Crippen LogP contribution is 2.18. The van der Waals surface area contributed by atoms with E-state index in [0.717, 1.165) is 0 Å². The molecule has 1 saturated heterocycles. The molecule has 6 nitrogen and oxygen atoms in total. The van der Waals surface area contributed by atoms with Gasteiger partial charge in [-0.2, -0.15) is 0 Å². The van der Waals surface area contributed by atoms with Crippen LogP contribution >= 0.6 is 0 Å². The van der Waals surface area contributed by atoms with Gasteiger partial charge in [0.1, 0.15) is 6.61 Å². The van der Waals surface area contributed by atoms with Crippen molar-refractivity contribution < 1.29 is 19.4 Å². The number of aromatic carboxylic acids is 1. The SMILES string of the molecule is Cc1ccc(OCC2CCC(=O)N2)c(C(=O)O)n1. The van der Waals surface area contributed by atoms with Crippen molar-refractivity contribution in [3.8, 4) is 5.75 Å². The van der Waals surface area contributed by atoms with Gasteiger partial charge in [0, 0.05) is 12.1 Å². The third-order valence-electron chi connectivity index (χ3n) is 2.73. The molecule has 0 aromatic carbocycles. The summed E-state index contributed by atoms with van der Waals surface area (Å²) in [6.07, 6.45) is 1.20. The van der Waals surface area contributed by atoms with Gasteiger partial charge in [0.25, 0.3) is 0 Å². The number of hydrogen-bond acceptors (Lipinski definition) is 4. The van der Waals surface area contributed by atoms with Crippen LogP contribution in [0.2, 0.25) is 0 Å². The van der Waals surface area contributed by atoms with Gasteiger partial charge in [-0.3, -0.25) is 4.79 Å². The van der Waals surface area contributed by atoms with Gasteiger partial charge < -0.3 is 15.2 Å². The second kappa shape index (κ2) is 5.03. The number of amides is 1. The van der Waals surface area contributed by atoms with E-state index < -0.39 is 5.97 Å². The highest BCUT2D eigenvalue weighted by atomic mass is 16.5. The zero-order valence-electron chi connectivity index (χ0n) is 9.97. The molecule has 1 aliphatic rings. The molecule has 18 heavy (non-hydrogen) atoms. The Hall–Kier alpha value is -2.11. The minimum atomic E-state index is -1.12. The first-order chi connectivity index (χ1) is 8.56. The highest BCUT2D eigenvalue weighted by molar-refractivity contribution is 5.88. The van der Waals surface area contributed by atoms with Crippen molar-refractivity contribution in [3.63, 3.8) is 0 Å². The monoisotopic (exact) mass is 250 g/mol. The number of rotatable bonds is 4. The first-order valence-corrected chi connectivity index (χ1v) is 5.69. The highest BCUT2D eigenvalue weighted by Gasteiger charge is 2.22. The fraction of sp³-hybridized carbons (Fsp3) is 0.417. The summed E-state index contributed by atoms with van der Waals surface area (Å²) in [7, 11) is 0. The maximum atomic E-state index is 11.0. The lowest BCUT2D eigenvalue weighted by Gasteiger charge is -2.13. The molecular weight excluding hydrogens is 236 g/mol. The van der Waals surface area contributed by atoms with E-state index in [1.807, 2.05) is 0 Å². The summed E-state index contributed by atoms with van der Waals surface area (Å²) < 4.78 is 5.43. The summed E-state index contributed by atoms with van der Waals surface area (Å²) in [5, 5.41) is 11.8. The maximum absolute atomic E-state index is 11.0. The molecular formula is C12H14N2O4. The third-order valence-corrected chi connectivity index (χ3v) is 2.73. The minimum Gasteiger partial charge on any atom is -0.489 e. The molecule has 2 heterocycles. The normalized spacial score (nSPS) is 18.5. The molecule has 6 heteroatoms. The second-order valence-electron chi connectivity index (χ2n) is 4.22. The van der Waals surface area contributed by atoms with Gasteiger partial charge in [-0.15, -0.1) is 0 Å². The Morgan fingerprint density at radius 1 is 1.61 bits per heavy atom. The van der Waals surface area contributed by atoms with Crippen molar-refractivity contribution in [2.45, 2.75) is 25.8 Å². The average molecular weight is 250 g/mol. The number of nitrogens with zero attached hydrogens (tertiary/aromatic N) is 1. The van der Waals surface area contributed by atoms with Crippen molar-refractivity contribution >= 4 is 11.9 Å². The van der Waals surface area contributed by atoms with E-state index in [4.69, 9.17) is 9.84 Å². The first-order valence-electron chi connectivity index (χ1n) is 5.69. The Morgan fingerprint density at radius 3 is 3.00 bits per heavy atom. The Balaban J connectivity index is 2.04. The van der Waals surface area contributed by atoms with Gasteiger partial charge in [-0.25, -0.2) is 9.78 Å². The number of nitrogens with one attached hydrogen (secondary N) is 1. The van der Waals surface area contributed by atoms with Crippen molar-refractivity contribution in [2.75, 3.05) is 6.61 Å². The van der Waals surface area contributed by atoms with Crippen LogP contribution in [-0.2, 0) is 4.79 Å². The summed E-state index contributed by atoms with van der Waals surface area (Å²) in [5.74, 6) is -0.887. The molecule has 1 unspecified atom stereocenters. The molecule has 0 spiro atoms. The van der Waals surface area contributed by atoms with Gasteiger partial charge >= 0.3 is 5.97 Å². The lowest BCUT2D eigenvalue weighted by Crippen LogP contribution is -2.31. The lowest BCUT2D eigenvalue weighted by molar-refractivity contribution is -0.119. The van der Waals surface area contributed by atoms with Crippen LogP contribution in [0.15, 0.2) is 12.1 Å². The number of aromatic nitrogens is 1. The quantitative estimate of drug-likeness (QED) is 0.823. The Bertz CT molecular complexity index is 487. The molecule has 1 aromatic rings. The molecule has 0 aliphatic carbocycles. The van der Waals surface area contributed by atoms with Gasteiger partial charge in [-0.05, 0) is 25.5 Å². The van der Waals surface area contributed by atoms with E-state index >= 15 is 0 Å². The molecule has 2 N–H and O–H groups in total. The van der Waals surface area contributed by atoms with Gasteiger partial charge in [-0.1, -0.05) is 0 Å². The van der Waals surface area contributed by atoms with Gasteiger partial charge in [0.15, 0.2) is 11.4 Å². The molecule has 0 saturated carbocycles. The van der Waals surface area contributed by atoms with E-state index in [9.17, 15) is 9.59 Å². The van der Waals surface area contributed by atoms with Crippen LogP contribution in [0, 0.1) is 6.92 Å². The van der Waals surface area contributed by atoms with Crippen molar-refractivity contribution in [1.82, 2.24) is 10.3 Å². The van der Waals surface area contributed by atoms with Crippen LogP contribution in [0.4, 0.5) is 0 Å². The van der Waals surface area contributed by atoms with Gasteiger partial charge in [0.2, 0.25) is 5.91 Å². The number of carboxylic acids is 1. The molecule has 1 aromatic heterocycles. The topological polar surface area (TPSA) is 88.5 Å². The number of carboxylic acid groups (broad SMARTS) is 1. The zero-order chi connectivity index (χ0) is 13.1. The van der Waals surface area contributed by atoms with Crippen LogP contribution in [0.25, 0.3) is 0 Å². The Labute approximate surface area is 104 Å². The molecule has 1 fully saturated rings. The number of carbonyl (C=O) groups excluding carboxylic acids is 1. The second-order valence-corrected chi connectivity index (χ2v) is 4.22.